The van der Waals surface area contributed by atoms with Crippen LogP contribution in [0.15, 0.2) is 18.2 Å². The minimum Gasteiger partial charge on any atom is -0.292 e. The van der Waals surface area contributed by atoms with Gasteiger partial charge in [-0.05, 0) is 19.1 Å². The topological polar surface area (TPSA) is 35.8 Å². The molecule has 0 aliphatic heterocycles. The van der Waals surface area contributed by atoms with Gasteiger partial charge in [0.15, 0.2) is 6.19 Å². The highest BCUT2D eigenvalue weighted by Crippen LogP contribution is 2.16. The zero-order valence-corrected chi connectivity index (χ0v) is 6.06. The molecule has 1 aromatic carbocycles. The molecule has 11 heavy (non-hydrogen) atoms. The molecular formula is C8H7FN2. The van der Waals surface area contributed by atoms with Crippen LogP contribution in [-0.4, -0.2) is 0 Å². The van der Waals surface area contributed by atoms with Crippen molar-refractivity contribution < 1.29 is 4.39 Å². The molecule has 0 aromatic heterocycles. The van der Waals surface area contributed by atoms with Crippen molar-refractivity contribution in [1.82, 2.24) is 0 Å². The van der Waals surface area contributed by atoms with Gasteiger partial charge in [0.05, 0.1) is 5.69 Å². The van der Waals surface area contributed by atoms with E-state index in [2.05, 4.69) is 5.32 Å². The Hall–Kier alpha value is -1.56. The second kappa shape index (κ2) is 3.02. The lowest BCUT2D eigenvalue weighted by Crippen LogP contribution is -1.92. The third-order valence-corrected chi connectivity index (χ3v) is 1.46. The predicted molar refractivity (Wildman–Crippen MR) is 40.4 cm³/mol. The summed E-state index contributed by atoms with van der Waals surface area (Å²) in [6.45, 7) is 1.62. The van der Waals surface area contributed by atoms with E-state index < -0.39 is 0 Å². The molecule has 2 nitrogen and oxygen atoms in total. The highest BCUT2D eigenvalue weighted by Gasteiger charge is 2.00. The van der Waals surface area contributed by atoms with Crippen LogP contribution in [0.5, 0.6) is 0 Å². The fourth-order valence-corrected chi connectivity index (χ4v) is 0.803. The molecule has 0 radical (unpaired) electrons. The first-order valence-corrected chi connectivity index (χ1v) is 3.16. The maximum Gasteiger partial charge on any atom is 0.181 e. The van der Waals surface area contributed by atoms with Gasteiger partial charge in [0.1, 0.15) is 5.82 Å². The van der Waals surface area contributed by atoms with E-state index in [4.69, 9.17) is 5.26 Å². The van der Waals surface area contributed by atoms with Crippen molar-refractivity contribution in [1.29, 1.82) is 5.26 Å². The number of benzene rings is 1. The van der Waals surface area contributed by atoms with E-state index in [0.717, 1.165) is 0 Å². The minimum atomic E-state index is -0.301. The number of anilines is 1. The SMILES string of the molecule is Cc1c(F)cccc1NC#N. The third kappa shape index (κ3) is 1.47. The van der Waals surface area contributed by atoms with Gasteiger partial charge in [-0.1, -0.05) is 6.07 Å². The van der Waals surface area contributed by atoms with Crippen LogP contribution < -0.4 is 5.32 Å². The number of hydrogen-bond acceptors (Lipinski definition) is 2. The summed E-state index contributed by atoms with van der Waals surface area (Å²) in [4.78, 5) is 0. The van der Waals surface area contributed by atoms with Gasteiger partial charge in [0.2, 0.25) is 0 Å². The standard InChI is InChI=1S/C8H7FN2/c1-6-7(9)3-2-4-8(6)11-5-10/h2-4,11H,1H3. The van der Waals surface area contributed by atoms with E-state index in [1.165, 1.54) is 6.07 Å². The maximum atomic E-state index is 12.8. The number of nitrogens with one attached hydrogen (secondary N) is 1. The molecule has 0 fully saturated rings. The Bertz CT molecular complexity index is 301. The average Bonchev–Trinajstić information content (AvgIpc) is 1.99. The summed E-state index contributed by atoms with van der Waals surface area (Å²) >= 11 is 0. The summed E-state index contributed by atoms with van der Waals surface area (Å²) in [5.74, 6) is -0.301. The Kier molecular flexibility index (Phi) is 2.07. The van der Waals surface area contributed by atoms with Gasteiger partial charge >= 0.3 is 0 Å². The number of rotatable bonds is 1. The zero-order valence-electron chi connectivity index (χ0n) is 6.06. The molecular weight excluding hydrogens is 143 g/mol. The summed E-state index contributed by atoms with van der Waals surface area (Å²) in [6.07, 6.45) is 1.74. The fourth-order valence-electron chi connectivity index (χ4n) is 0.803. The molecule has 1 aromatic rings. The minimum absolute atomic E-state index is 0.301. The van der Waals surface area contributed by atoms with E-state index in [9.17, 15) is 4.39 Å². The van der Waals surface area contributed by atoms with Crippen molar-refractivity contribution in [2.24, 2.45) is 0 Å². The van der Waals surface area contributed by atoms with Crippen molar-refractivity contribution in [3.8, 4) is 6.19 Å². The van der Waals surface area contributed by atoms with Gasteiger partial charge in [-0.15, -0.1) is 0 Å². The van der Waals surface area contributed by atoms with Gasteiger partial charge in [-0.2, -0.15) is 5.26 Å². The molecule has 0 amide bonds. The van der Waals surface area contributed by atoms with Gasteiger partial charge < -0.3 is 0 Å². The zero-order chi connectivity index (χ0) is 8.27. The number of hydrogen-bond donors (Lipinski definition) is 1. The molecule has 56 valence electrons. The lowest BCUT2D eigenvalue weighted by molar-refractivity contribution is 0.619. The van der Waals surface area contributed by atoms with Crippen LogP contribution in [0.3, 0.4) is 0 Å². The van der Waals surface area contributed by atoms with Crippen LogP contribution >= 0.6 is 0 Å². The fraction of sp³-hybridized carbons (Fsp3) is 0.125. The Balaban J connectivity index is 3.08. The van der Waals surface area contributed by atoms with Crippen LogP contribution in [0.4, 0.5) is 10.1 Å². The van der Waals surface area contributed by atoms with Crippen LogP contribution in [-0.2, 0) is 0 Å². The molecule has 0 aliphatic rings. The molecule has 1 rings (SSSR count). The van der Waals surface area contributed by atoms with Gasteiger partial charge in [-0.3, -0.25) is 5.32 Å². The van der Waals surface area contributed by atoms with Crippen LogP contribution in [0, 0.1) is 24.2 Å². The van der Waals surface area contributed by atoms with Crippen molar-refractivity contribution >= 4 is 5.69 Å². The number of halogens is 1. The van der Waals surface area contributed by atoms with Gasteiger partial charge in [0, 0.05) is 5.56 Å². The summed E-state index contributed by atoms with van der Waals surface area (Å²) < 4.78 is 12.8. The highest BCUT2D eigenvalue weighted by atomic mass is 19.1. The lowest BCUT2D eigenvalue weighted by Gasteiger charge is -2.01. The third-order valence-electron chi connectivity index (χ3n) is 1.46. The second-order valence-electron chi connectivity index (χ2n) is 2.15. The molecule has 0 spiro atoms. The number of nitrogens with zero attached hydrogens (tertiary/aromatic N) is 1. The lowest BCUT2D eigenvalue weighted by atomic mass is 10.2. The molecule has 0 atom stereocenters. The van der Waals surface area contributed by atoms with E-state index in [0.29, 0.717) is 11.3 Å². The molecule has 0 saturated heterocycles. The van der Waals surface area contributed by atoms with Crippen molar-refractivity contribution in [2.75, 3.05) is 5.32 Å². The monoisotopic (exact) mass is 150 g/mol. The van der Waals surface area contributed by atoms with Gasteiger partial charge in [0.25, 0.3) is 0 Å². The molecule has 0 unspecified atom stereocenters. The molecule has 0 bridgehead atoms. The van der Waals surface area contributed by atoms with E-state index in [1.54, 1.807) is 25.2 Å². The van der Waals surface area contributed by atoms with Crippen LogP contribution in [0.2, 0.25) is 0 Å². The Morgan fingerprint density at radius 2 is 2.27 bits per heavy atom. The quantitative estimate of drug-likeness (QED) is 0.491. The maximum absolute atomic E-state index is 12.8. The summed E-state index contributed by atoms with van der Waals surface area (Å²) in [7, 11) is 0. The van der Waals surface area contributed by atoms with Crippen molar-refractivity contribution in [3.05, 3.63) is 29.6 Å². The van der Waals surface area contributed by atoms with Crippen molar-refractivity contribution in [2.45, 2.75) is 6.92 Å². The predicted octanol–water partition coefficient (Wildman–Crippen LogP) is 2.03. The summed E-state index contributed by atoms with van der Waals surface area (Å²) in [5, 5.41) is 10.6. The first kappa shape index (κ1) is 7.55. The first-order valence-electron chi connectivity index (χ1n) is 3.16. The summed E-state index contributed by atoms with van der Waals surface area (Å²) in [6, 6.07) is 4.57. The number of nitriles is 1. The van der Waals surface area contributed by atoms with Gasteiger partial charge in [-0.25, -0.2) is 4.39 Å². The smallest absolute Gasteiger partial charge is 0.181 e. The molecule has 1 N–H and O–H groups in total. The average molecular weight is 150 g/mol. The largest absolute Gasteiger partial charge is 0.292 e. The Labute approximate surface area is 64.3 Å². The first-order chi connectivity index (χ1) is 5.25. The molecule has 0 saturated carbocycles. The second-order valence-corrected chi connectivity index (χ2v) is 2.15. The van der Waals surface area contributed by atoms with E-state index in [-0.39, 0.29) is 5.82 Å². The summed E-state index contributed by atoms with van der Waals surface area (Å²) in [5.41, 5.74) is 0.988. The Morgan fingerprint density at radius 3 is 2.91 bits per heavy atom. The Morgan fingerprint density at radius 1 is 1.55 bits per heavy atom. The normalized spacial score (nSPS) is 8.82. The highest BCUT2D eigenvalue weighted by molar-refractivity contribution is 5.53. The molecule has 0 heterocycles. The molecule has 0 aliphatic carbocycles. The van der Waals surface area contributed by atoms with E-state index >= 15 is 0 Å². The van der Waals surface area contributed by atoms with Crippen LogP contribution in [0.25, 0.3) is 0 Å². The van der Waals surface area contributed by atoms with Crippen molar-refractivity contribution in [3.63, 3.8) is 0 Å². The molecule has 3 heteroatoms. The van der Waals surface area contributed by atoms with E-state index in [1.807, 2.05) is 0 Å². The van der Waals surface area contributed by atoms with Crippen LogP contribution in [0.1, 0.15) is 5.56 Å².